The number of carbonyl (C=O) groups is 2. The molecule has 1 aromatic heterocycles. The minimum atomic E-state index is -0.948. The van der Waals surface area contributed by atoms with E-state index < -0.39 is 6.04 Å². The first kappa shape index (κ1) is 32.3. The van der Waals surface area contributed by atoms with Gasteiger partial charge in [0.15, 0.2) is 5.16 Å². The van der Waals surface area contributed by atoms with Gasteiger partial charge in [0, 0.05) is 47.4 Å². The number of thioether (sulfide) groups is 1. The van der Waals surface area contributed by atoms with Crippen molar-refractivity contribution < 1.29 is 19.1 Å². The fraction of sp³-hybridized carbons (Fsp3) is 0.294. The van der Waals surface area contributed by atoms with Crippen LogP contribution in [0.5, 0.6) is 5.75 Å². The zero-order valence-electron chi connectivity index (χ0n) is 25.5. The number of anilines is 2. The van der Waals surface area contributed by atoms with Crippen LogP contribution >= 0.6 is 23.4 Å². The van der Waals surface area contributed by atoms with Crippen LogP contribution in [-0.4, -0.2) is 65.8 Å². The Balaban J connectivity index is 1.44. The van der Waals surface area contributed by atoms with E-state index in [0.717, 1.165) is 35.7 Å². The van der Waals surface area contributed by atoms with E-state index in [-0.39, 0.29) is 24.1 Å². The maximum absolute atomic E-state index is 14.2. The molecule has 45 heavy (non-hydrogen) atoms. The van der Waals surface area contributed by atoms with Crippen LogP contribution in [-0.2, 0) is 20.9 Å². The number of carbonyl (C=O) groups excluding carboxylic acids is 2. The topological polar surface area (TPSA) is 96.9 Å². The van der Waals surface area contributed by atoms with Crippen molar-refractivity contribution in [2.45, 2.75) is 31.6 Å². The standard InChI is InChI=1S/C34H36ClN5O4S/c1-23-20-24(2)37-34(36-23)45-22-31(41)40(21-25-4-14-30(43-3)15-5-25)32(26-6-8-27(35)9-7-26)33(42)38-28-10-12-29(13-11-28)39-16-18-44-19-17-39/h4-15,20,32H,16-19,21-22H2,1-3H3,(H,38,42). The molecule has 1 N–H and O–H groups in total. The van der Waals surface area contributed by atoms with Crippen LogP contribution in [0.3, 0.4) is 0 Å². The largest absolute Gasteiger partial charge is 0.497 e. The molecule has 9 nitrogen and oxygen atoms in total. The zero-order chi connectivity index (χ0) is 31.8. The van der Waals surface area contributed by atoms with Crippen LogP contribution < -0.4 is 15.0 Å². The zero-order valence-corrected chi connectivity index (χ0v) is 27.1. The molecule has 11 heteroatoms. The fourth-order valence-electron chi connectivity index (χ4n) is 5.12. The molecule has 1 aliphatic rings. The van der Waals surface area contributed by atoms with Gasteiger partial charge in [-0.2, -0.15) is 0 Å². The number of hydrogen-bond acceptors (Lipinski definition) is 8. The molecule has 0 spiro atoms. The number of morpholine rings is 1. The van der Waals surface area contributed by atoms with Crippen molar-refractivity contribution in [3.63, 3.8) is 0 Å². The molecule has 1 atom stereocenters. The molecule has 0 radical (unpaired) electrons. The van der Waals surface area contributed by atoms with Gasteiger partial charge < -0.3 is 24.6 Å². The summed E-state index contributed by atoms with van der Waals surface area (Å²) in [6.07, 6.45) is 0. The average molecular weight is 646 g/mol. The fourth-order valence-corrected chi connectivity index (χ4v) is 6.09. The number of aromatic nitrogens is 2. The van der Waals surface area contributed by atoms with E-state index in [4.69, 9.17) is 21.1 Å². The van der Waals surface area contributed by atoms with E-state index in [1.807, 2.05) is 68.4 Å². The Morgan fingerprint density at radius 1 is 0.978 bits per heavy atom. The Hall–Kier alpha value is -4.12. The minimum Gasteiger partial charge on any atom is -0.497 e. The molecule has 2 heterocycles. The molecule has 1 fully saturated rings. The number of benzene rings is 3. The summed E-state index contributed by atoms with van der Waals surface area (Å²) in [4.78, 5) is 41.0. The summed E-state index contributed by atoms with van der Waals surface area (Å²) in [6.45, 7) is 6.99. The Morgan fingerprint density at radius 2 is 1.62 bits per heavy atom. The van der Waals surface area contributed by atoms with Gasteiger partial charge in [-0.1, -0.05) is 47.6 Å². The van der Waals surface area contributed by atoms with Crippen molar-refractivity contribution in [3.05, 3.63) is 106 Å². The van der Waals surface area contributed by atoms with Gasteiger partial charge in [-0.05, 0) is 79.6 Å². The van der Waals surface area contributed by atoms with Gasteiger partial charge in [0.2, 0.25) is 5.91 Å². The van der Waals surface area contributed by atoms with Crippen LogP contribution in [0.2, 0.25) is 5.02 Å². The van der Waals surface area contributed by atoms with Gasteiger partial charge in [0.05, 0.1) is 26.1 Å². The predicted molar refractivity (Wildman–Crippen MR) is 178 cm³/mol. The maximum Gasteiger partial charge on any atom is 0.251 e. The molecule has 1 saturated heterocycles. The number of halogens is 1. The second-order valence-electron chi connectivity index (χ2n) is 10.7. The quantitative estimate of drug-likeness (QED) is 0.155. The Kier molecular flexibility index (Phi) is 10.9. The Labute approximate surface area is 272 Å². The lowest BCUT2D eigenvalue weighted by Crippen LogP contribution is -2.41. The number of rotatable bonds is 11. The van der Waals surface area contributed by atoms with E-state index in [1.54, 1.807) is 36.3 Å². The highest BCUT2D eigenvalue weighted by atomic mass is 35.5. The van der Waals surface area contributed by atoms with Gasteiger partial charge in [-0.3, -0.25) is 9.59 Å². The maximum atomic E-state index is 14.2. The molecular formula is C34H36ClN5O4S. The van der Waals surface area contributed by atoms with E-state index in [9.17, 15) is 9.59 Å². The van der Waals surface area contributed by atoms with E-state index in [0.29, 0.717) is 40.4 Å². The lowest BCUT2D eigenvalue weighted by Gasteiger charge is -2.32. The third-order valence-corrected chi connectivity index (χ3v) is 8.46. The van der Waals surface area contributed by atoms with Crippen molar-refractivity contribution in [1.82, 2.24) is 14.9 Å². The highest BCUT2D eigenvalue weighted by Crippen LogP contribution is 2.29. The van der Waals surface area contributed by atoms with E-state index in [2.05, 4.69) is 20.2 Å². The molecule has 2 amide bonds. The molecule has 234 valence electrons. The Morgan fingerprint density at radius 3 is 2.24 bits per heavy atom. The first-order valence-electron chi connectivity index (χ1n) is 14.7. The number of nitrogens with one attached hydrogen (secondary N) is 1. The van der Waals surface area contributed by atoms with Crippen LogP contribution in [0.4, 0.5) is 11.4 Å². The summed E-state index contributed by atoms with van der Waals surface area (Å²) in [5.41, 5.74) is 4.82. The molecule has 1 aliphatic heterocycles. The van der Waals surface area contributed by atoms with E-state index in [1.165, 1.54) is 11.8 Å². The van der Waals surface area contributed by atoms with Gasteiger partial charge in [0.25, 0.3) is 5.91 Å². The summed E-state index contributed by atoms with van der Waals surface area (Å²) in [5.74, 6) is 0.166. The van der Waals surface area contributed by atoms with E-state index >= 15 is 0 Å². The summed E-state index contributed by atoms with van der Waals surface area (Å²) in [7, 11) is 1.60. The lowest BCUT2D eigenvalue weighted by molar-refractivity contribution is -0.137. The van der Waals surface area contributed by atoms with Gasteiger partial charge in [-0.15, -0.1) is 0 Å². The molecule has 0 bridgehead atoms. The molecule has 5 rings (SSSR count). The second kappa shape index (κ2) is 15.2. The summed E-state index contributed by atoms with van der Waals surface area (Å²) in [5, 5.41) is 4.10. The van der Waals surface area contributed by atoms with Gasteiger partial charge >= 0.3 is 0 Å². The first-order valence-corrected chi connectivity index (χ1v) is 16.0. The summed E-state index contributed by atoms with van der Waals surface area (Å²) in [6, 6.07) is 23.1. The first-order chi connectivity index (χ1) is 21.8. The van der Waals surface area contributed by atoms with Crippen LogP contribution in [0.15, 0.2) is 84.0 Å². The number of hydrogen-bond donors (Lipinski definition) is 1. The molecular weight excluding hydrogens is 610 g/mol. The smallest absolute Gasteiger partial charge is 0.251 e. The highest BCUT2D eigenvalue weighted by molar-refractivity contribution is 7.99. The van der Waals surface area contributed by atoms with Gasteiger partial charge in [0.1, 0.15) is 11.8 Å². The predicted octanol–water partition coefficient (Wildman–Crippen LogP) is 6.09. The van der Waals surface area contributed by atoms with Crippen molar-refractivity contribution in [2.75, 3.05) is 49.4 Å². The second-order valence-corrected chi connectivity index (χ2v) is 12.1. The average Bonchev–Trinajstić information content (AvgIpc) is 3.05. The summed E-state index contributed by atoms with van der Waals surface area (Å²) < 4.78 is 10.8. The van der Waals surface area contributed by atoms with Gasteiger partial charge in [-0.25, -0.2) is 9.97 Å². The summed E-state index contributed by atoms with van der Waals surface area (Å²) >= 11 is 7.47. The van der Waals surface area contributed by atoms with Crippen molar-refractivity contribution in [1.29, 1.82) is 0 Å². The van der Waals surface area contributed by atoms with Crippen molar-refractivity contribution in [2.24, 2.45) is 0 Å². The molecule has 3 aromatic carbocycles. The number of ether oxygens (including phenoxy) is 2. The van der Waals surface area contributed by atoms with Crippen LogP contribution in [0.1, 0.15) is 28.6 Å². The monoisotopic (exact) mass is 645 g/mol. The number of methoxy groups -OCH3 is 1. The van der Waals surface area contributed by atoms with Crippen molar-refractivity contribution in [3.8, 4) is 5.75 Å². The van der Waals surface area contributed by atoms with Crippen LogP contribution in [0.25, 0.3) is 0 Å². The SMILES string of the molecule is COc1ccc(CN(C(=O)CSc2nc(C)cc(C)n2)C(C(=O)Nc2ccc(N3CCOCC3)cc2)c2ccc(Cl)cc2)cc1. The van der Waals surface area contributed by atoms with Crippen molar-refractivity contribution >= 4 is 46.6 Å². The molecule has 0 saturated carbocycles. The Bertz CT molecular complexity index is 1580. The number of amides is 2. The minimum absolute atomic E-state index is 0.0463. The normalized spacial score (nSPS) is 13.6. The lowest BCUT2D eigenvalue weighted by atomic mass is 10.0. The van der Waals surface area contributed by atoms with Crippen LogP contribution in [0, 0.1) is 13.8 Å². The third-order valence-electron chi connectivity index (χ3n) is 7.38. The molecule has 0 aliphatic carbocycles. The number of aryl methyl sites for hydroxylation is 2. The third kappa shape index (κ3) is 8.75. The molecule has 1 unspecified atom stereocenters. The number of nitrogens with zero attached hydrogens (tertiary/aromatic N) is 4. The molecule has 4 aromatic rings. The highest BCUT2D eigenvalue weighted by Gasteiger charge is 2.32.